The summed E-state index contributed by atoms with van der Waals surface area (Å²) in [6.07, 6.45) is 13.6. The van der Waals surface area contributed by atoms with Crippen molar-refractivity contribution in [2.75, 3.05) is 0 Å². The van der Waals surface area contributed by atoms with Crippen LogP contribution in [-0.2, 0) is 44.4 Å². The Hall–Kier alpha value is 0.443. The summed E-state index contributed by atoms with van der Waals surface area (Å²) >= 11 is 0. The molecule has 0 aromatic carbocycles. The first kappa shape index (κ1) is 29.0. The molecule has 4 fully saturated rings. The van der Waals surface area contributed by atoms with Crippen LogP contribution in [0.2, 0.25) is 0 Å². The van der Waals surface area contributed by atoms with Gasteiger partial charge in [-0.1, -0.05) is 77.0 Å². The molecule has 8 atom stereocenters. The van der Waals surface area contributed by atoms with Crippen LogP contribution in [0.25, 0.3) is 0 Å². The van der Waals surface area contributed by atoms with Gasteiger partial charge in [0.05, 0.1) is 0 Å². The van der Waals surface area contributed by atoms with Crippen LogP contribution in [0.3, 0.4) is 0 Å². The SMILES string of the molecule is C[C-]1[C@@H](O)CCC2(C)C3CC=C4C5CC(C)(C)CCC5(C(=O)O)[CH-]C[C@@]4(C)[C@@]3(C)CC[C@@H]12.[V].[W]. The molecule has 0 aliphatic heterocycles. The Labute approximate surface area is 233 Å². The molecule has 5 rings (SSSR count). The monoisotopic (exact) mass is 675 g/mol. The van der Waals surface area contributed by atoms with Crippen molar-refractivity contribution in [3.8, 4) is 0 Å². The molecule has 5 aliphatic carbocycles. The second-order valence-electron chi connectivity index (χ2n) is 13.8. The second-order valence-corrected chi connectivity index (χ2v) is 13.8. The molecule has 0 heterocycles. The topological polar surface area (TPSA) is 57.5 Å². The smallest absolute Gasteiger partial charge is 0.279 e. The number of aliphatic hydroxyl groups is 1. The number of aliphatic carboxylic acids is 1. The third-order valence-electron chi connectivity index (χ3n) is 12.1. The van der Waals surface area contributed by atoms with E-state index in [9.17, 15) is 15.0 Å². The summed E-state index contributed by atoms with van der Waals surface area (Å²) in [6, 6.07) is 0. The van der Waals surface area contributed by atoms with Crippen molar-refractivity contribution in [3.05, 3.63) is 24.0 Å². The summed E-state index contributed by atoms with van der Waals surface area (Å²) < 4.78 is 0. The molecule has 0 saturated heterocycles. The van der Waals surface area contributed by atoms with Crippen molar-refractivity contribution >= 4 is 5.97 Å². The van der Waals surface area contributed by atoms with Gasteiger partial charge >= 0.3 is 0 Å². The molecule has 4 unspecified atom stereocenters. The first-order valence-corrected chi connectivity index (χ1v) is 13.1. The molecule has 191 valence electrons. The van der Waals surface area contributed by atoms with Crippen molar-refractivity contribution in [2.45, 2.75) is 105 Å². The van der Waals surface area contributed by atoms with Crippen LogP contribution >= 0.6 is 0 Å². The maximum absolute atomic E-state index is 12.7. The number of rotatable bonds is 1. The predicted octanol–water partition coefficient (Wildman–Crippen LogP) is 6.61. The standard InChI is InChI=1S/C29H44O3.V.W/c1-18-19-9-12-28(6)23(26(19,4)11-10-22(18)30)8-7-20-21-17-25(2,3)13-15-29(21,24(31)32)16-14-27(20,28)5;;/h7,16,19,21-23,30H,8-15,17H2,1-6H3,(H,31,32);;/q-2;;/t19-,21?,22-,23?,26?,27+,28-,29?;;/m0../s1. The average molecular weight is 675 g/mol. The first-order valence-electron chi connectivity index (χ1n) is 13.1. The predicted molar refractivity (Wildman–Crippen MR) is 128 cm³/mol. The Bertz CT molecular complexity index is 856. The molecule has 5 heteroatoms. The summed E-state index contributed by atoms with van der Waals surface area (Å²) in [7, 11) is 0. The van der Waals surface area contributed by atoms with Crippen LogP contribution in [0.5, 0.6) is 0 Å². The van der Waals surface area contributed by atoms with Crippen LogP contribution in [0.15, 0.2) is 11.6 Å². The maximum atomic E-state index is 12.7. The number of allylic oxidation sites excluding steroid dienone is 2. The number of carboxylic acids is 1. The van der Waals surface area contributed by atoms with Gasteiger partial charge in [-0.3, -0.25) is 10.7 Å². The second kappa shape index (κ2) is 9.03. The van der Waals surface area contributed by atoms with E-state index in [2.05, 4.69) is 54.0 Å². The van der Waals surface area contributed by atoms with Crippen molar-refractivity contribution < 1.29 is 54.6 Å². The van der Waals surface area contributed by atoms with E-state index in [4.69, 9.17) is 0 Å². The van der Waals surface area contributed by atoms with Gasteiger partial charge in [0.15, 0.2) is 0 Å². The minimum atomic E-state index is -0.676. The van der Waals surface area contributed by atoms with E-state index < -0.39 is 11.4 Å². The van der Waals surface area contributed by atoms with Gasteiger partial charge in [0.25, 0.3) is 5.97 Å². The molecule has 3 nitrogen and oxygen atoms in total. The van der Waals surface area contributed by atoms with Crippen molar-refractivity contribution in [3.63, 3.8) is 0 Å². The van der Waals surface area contributed by atoms with Gasteiger partial charge in [0, 0.05) is 39.6 Å². The molecule has 4 saturated carbocycles. The van der Waals surface area contributed by atoms with Gasteiger partial charge in [-0.2, -0.15) is 19.3 Å². The minimum absolute atomic E-state index is 0. The fourth-order valence-corrected chi connectivity index (χ4v) is 9.71. The van der Waals surface area contributed by atoms with E-state index in [0.29, 0.717) is 11.8 Å². The zero-order valence-electron chi connectivity index (χ0n) is 22.0. The van der Waals surface area contributed by atoms with Gasteiger partial charge in [-0.15, -0.1) is 0 Å². The molecule has 2 N–H and O–H groups in total. The van der Waals surface area contributed by atoms with E-state index >= 15 is 0 Å². The molecule has 0 bridgehead atoms. The number of carbonyl (C=O) groups is 1. The maximum Gasteiger partial charge on any atom is 0.279 e. The third kappa shape index (κ3) is 3.67. The molecule has 34 heavy (non-hydrogen) atoms. The van der Waals surface area contributed by atoms with Crippen LogP contribution in [0.4, 0.5) is 0 Å². The molecule has 0 spiro atoms. The Morgan fingerprint density at radius 2 is 1.76 bits per heavy atom. The van der Waals surface area contributed by atoms with E-state index in [-0.39, 0.29) is 73.3 Å². The van der Waals surface area contributed by atoms with Gasteiger partial charge < -0.3 is 16.6 Å². The summed E-state index contributed by atoms with van der Waals surface area (Å²) in [5.74, 6) is 1.95. The van der Waals surface area contributed by atoms with Crippen molar-refractivity contribution in [1.29, 1.82) is 0 Å². The molecular weight excluding hydrogens is 631 g/mol. The van der Waals surface area contributed by atoms with E-state index in [1.165, 1.54) is 17.9 Å². The van der Waals surface area contributed by atoms with E-state index in [1.807, 2.05) is 0 Å². The number of carboxylic acid groups (broad SMARTS) is 1. The van der Waals surface area contributed by atoms with Crippen LogP contribution in [-0.4, -0.2) is 22.3 Å². The fraction of sp³-hybridized carbons (Fsp3) is 0.828. The summed E-state index contributed by atoms with van der Waals surface area (Å²) in [5, 5.41) is 21.0. The molecular formula is C29H44O3VW-2. The number of hydrogen-bond donors (Lipinski definition) is 2. The largest absolute Gasteiger partial charge is 0.483 e. The van der Waals surface area contributed by atoms with Gasteiger partial charge in [-0.25, -0.2) is 0 Å². The molecule has 5 aliphatic rings. The normalized spacial score (nSPS) is 49.6. The number of hydrogen-bond acceptors (Lipinski definition) is 2. The van der Waals surface area contributed by atoms with Gasteiger partial charge in [-0.05, 0) is 65.6 Å². The van der Waals surface area contributed by atoms with Crippen molar-refractivity contribution in [1.82, 2.24) is 0 Å². The van der Waals surface area contributed by atoms with E-state index in [0.717, 1.165) is 51.4 Å². The fourth-order valence-electron chi connectivity index (χ4n) is 9.71. The van der Waals surface area contributed by atoms with Gasteiger partial charge in [0.2, 0.25) is 0 Å². The third-order valence-corrected chi connectivity index (χ3v) is 12.1. The van der Waals surface area contributed by atoms with Crippen LogP contribution in [0.1, 0.15) is 99.3 Å². The Balaban J connectivity index is 0.00000162. The molecule has 0 aromatic heterocycles. The Morgan fingerprint density at radius 3 is 2.41 bits per heavy atom. The Morgan fingerprint density at radius 1 is 1.09 bits per heavy atom. The van der Waals surface area contributed by atoms with Crippen LogP contribution in [0, 0.1) is 57.2 Å². The van der Waals surface area contributed by atoms with E-state index in [1.54, 1.807) is 0 Å². The average Bonchev–Trinajstić information content (AvgIpc) is 2.71. The summed E-state index contributed by atoms with van der Waals surface area (Å²) in [6.45, 7) is 14.4. The van der Waals surface area contributed by atoms with Crippen molar-refractivity contribution in [2.24, 2.45) is 44.8 Å². The number of aliphatic hydroxyl groups excluding tert-OH is 1. The minimum Gasteiger partial charge on any atom is -0.483 e. The summed E-state index contributed by atoms with van der Waals surface area (Å²) in [5.41, 5.74) is 1.44. The summed E-state index contributed by atoms with van der Waals surface area (Å²) in [4.78, 5) is 12.7. The molecule has 1 radical (unpaired) electrons. The quantitative estimate of drug-likeness (QED) is 0.243. The Kier molecular flexibility index (Phi) is 7.70. The molecule has 0 aromatic rings. The number of fused-ring (bicyclic) bond motifs is 7. The molecule has 0 amide bonds. The first-order chi connectivity index (χ1) is 14.8. The van der Waals surface area contributed by atoms with Crippen LogP contribution < -0.4 is 0 Å². The zero-order valence-corrected chi connectivity index (χ0v) is 26.3. The zero-order chi connectivity index (χ0) is 23.3. The van der Waals surface area contributed by atoms with Gasteiger partial charge in [0.1, 0.15) is 0 Å².